The van der Waals surface area contributed by atoms with Crippen molar-refractivity contribution >= 4 is 11.8 Å². The molecule has 3 rings (SSSR count). The first-order valence-electron chi connectivity index (χ1n) is 7.83. The summed E-state index contributed by atoms with van der Waals surface area (Å²) in [7, 11) is 0. The molecular formula is C17H25NOS. The van der Waals surface area contributed by atoms with Gasteiger partial charge in [-0.25, -0.2) is 0 Å². The Kier molecular flexibility index (Phi) is 4.27. The van der Waals surface area contributed by atoms with Crippen LogP contribution in [-0.4, -0.2) is 23.7 Å². The second-order valence-electron chi connectivity index (χ2n) is 6.15. The molecule has 2 aliphatic rings. The molecule has 1 spiro atoms. The fourth-order valence-electron chi connectivity index (χ4n) is 3.34. The van der Waals surface area contributed by atoms with E-state index in [4.69, 9.17) is 4.74 Å². The Hall–Kier alpha value is -0.670. The average Bonchev–Trinajstić information content (AvgIpc) is 2.46. The van der Waals surface area contributed by atoms with Crippen LogP contribution in [0.25, 0.3) is 0 Å². The van der Waals surface area contributed by atoms with Gasteiger partial charge in [-0.2, -0.15) is 11.8 Å². The lowest BCUT2D eigenvalue weighted by molar-refractivity contribution is 0.0226. The molecule has 0 aromatic heterocycles. The monoisotopic (exact) mass is 291 g/mol. The van der Waals surface area contributed by atoms with Gasteiger partial charge in [0.25, 0.3) is 0 Å². The summed E-state index contributed by atoms with van der Waals surface area (Å²) < 4.78 is 6.47. The largest absolute Gasteiger partial charge is 0.487 e. The minimum atomic E-state index is 0.0823. The molecule has 0 amide bonds. The van der Waals surface area contributed by atoms with E-state index in [-0.39, 0.29) is 5.60 Å². The molecule has 1 unspecified atom stereocenters. The van der Waals surface area contributed by atoms with Gasteiger partial charge in [0.05, 0.1) is 0 Å². The third-order valence-electron chi connectivity index (χ3n) is 4.49. The van der Waals surface area contributed by atoms with Gasteiger partial charge >= 0.3 is 0 Å². The zero-order valence-corrected chi connectivity index (χ0v) is 13.4. The molecule has 1 N–H and O–H groups in total. The third kappa shape index (κ3) is 2.84. The molecule has 20 heavy (non-hydrogen) atoms. The molecule has 1 aromatic rings. The number of benzene rings is 1. The Morgan fingerprint density at radius 2 is 2.15 bits per heavy atom. The smallest absolute Gasteiger partial charge is 0.124 e. The van der Waals surface area contributed by atoms with Crippen LogP contribution in [0.1, 0.15) is 49.8 Å². The van der Waals surface area contributed by atoms with Gasteiger partial charge in [0.2, 0.25) is 0 Å². The van der Waals surface area contributed by atoms with Crippen molar-refractivity contribution in [3.8, 4) is 5.75 Å². The zero-order valence-electron chi connectivity index (χ0n) is 12.6. The van der Waals surface area contributed by atoms with E-state index in [0.29, 0.717) is 6.04 Å². The maximum Gasteiger partial charge on any atom is 0.124 e. The summed E-state index contributed by atoms with van der Waals surface area (Å²) in [5.41, 5.74) is 2.77. The first-order chi connectivity index (χ1) is 9.72. The van der Waals surface area contributed by atoms with E-state index in [1.54, 1.807) is 0 Å². The van der Waals surface area contributed by atoms with Crippen molar-refractivity contribution in [3.05, 3.63) is 29.3 Å². The zero-order chi connectivity index (χ0) is 14.0. The number of aryl methyl sites for hydroxylation is 1. The van der Waals surface area contributed by atoms with E-state index in [2.05, 4.69) is 49.1 Å². The maximum absolute atomic E-state index is 6.47. The van der Waals surface area contributed by atoms with Crippen molar-refractivity contribution in [1.29, 1.82) is 0 Å². The van der Waals surface area contributed by atoms with Crippen LogP contribution in [0.2, 0.25) is 0 Å². The minimum absolute atomic E-state index is 0.0823. The summed E-state index contributed by atoms with van der Waals surface area (Å²) >= 11 is 2.06. The van der Waals surface area contributed by atoms with Crippen LogP contribution in [0.5, 0.6) is 5.75 Å². The first kappa shape index (κ1) is 14.3. The summed E-state index contributed by atoms with van der Waals surface area (Å²) in [6.07, 6.45) is 4.69. The summed E-state index contributed by atoms with van der Waals surface area (Å²) in [4.78, 5) is 0. The molecule has 0 bridgehead atoms. The van der Waals surface area contributed by atoms with E-state index in [0.717, 1.165) is 18.7 Å². The first-order valence-corrected chi connectivity index (χ1v) is 8.99. The van der Waals surface area contributed by atoms with Crippen LogP contribution in [-0.2, 0) is 0 Å². The molecule has 1 atom stereocenters. The van der Waals surface area contributed by atoms with Crippen LogP contribution in [0, 0.1) is 6.92 Å². The number of thioether (sulfide) groups is 1. The molecule has 0 aliphatic carbocycles. The third-order valence-corrected chi connectivity index (χ3v) is 5.47. The van der Waals surface area contributed by atoms with E-state index < -0.39 is 0 Å². The van der Waals surface area contributed by atoms with Crippen LogP contribution in [0.15, 0.2) is 18.2 Å². The highest BCUT2D eigenvalue weighted by atomic mass is 32.2. The number of hydrogen-bond donors (Lipinski definition) is 1. The highest BCUT2D eigenvalue weighted by molar-refractivity contribution is 7.99. The van der Waals surface area contributed by atoms with Gasteiger partial charge in [-0.1, -0.05) is 24.6 Å². The lowest BCUT2D eigenvalue weighted by Crippen LogP contribution is -2.46. The van der Waals surface area contributed by atoms with Gasteiger partial charge in [-0.3, -0.25) is 0 Å². The molecule has 1 saturated heterocycles. The van der Waals surface area contributed by atoms with Crippen molar-refractivity contribution < 1.29 is 4.74 Å². The van der Waals surface area contributed by atoms with Crippen molar-refractivity contribution in [2.45, 2.75) is 51.2 Å². The lowest BCUT2D eigenvalue weighted by Gasteiger charge is -2.44. The van der Waals surface area contributed by atoms with Crippen LogP contribution in [0.4, 0.5) is 0 Å². The Bertz CT molecular complexity index is 468. The maximum atomic E-state index is 6.47. The number of fused-ring (bicyclic) bond motifs is 1. The lowest BCUT2D eigenvalue weighted by atomic mass is 9.82. The van der Waals surface area contributed by atoms with E-state index >= 15 is 0 Å². The van der Waals surface area contributed by atoms with Gasteiger partial charge in [0, 0.05) is 18.0 Å². The molecule has 2 heterocycles. The molecular weight excluding hydrogens is 266 g/mol. The van der Waals surface area contributed by atoms with Crippen LogP contribution >= 0.6 is 11.8 Å². The van der Waals surface area contributed by atoms with E-state index in [9.17, 15) is 0 Å². The summed E-state index contributed by atoms with van der Waals surface area (Å²) in [6, 6.07) is 7.11. The SMILES string of the molecule is CCCNC1CC2(CCSCC2)Oc2ccc(C)cc21. The van der Waals surface area contributed by atoms with Gasteiger partial charge < -0.3 is 10.1 Å². The van der Waals surface area contributed by atoms with E-state index in [1.165, 1.54) is 41.9 Å². The Labute approximate surface area is 126 Å². The normalized spacial score (nSPS) is 24.2. The highest BCUT2D eigenvalue weighted by Gasteiger charge is 2.41. The van der Waals surface area contributed by atoms with Gasteiger partial charge in [0.1, 0.15) is 11.4 Å². The molecule has 110 valence electrons. The minimum Gasteiger partial charge on any atom is -0.487 e. The van der Waals surface area contributed by atoms with Crippen molar-refractivity contribution in [3.63, 3.8) is 0 Å². The number of ether oxygens (including phenoxy) is 1. The Balaban J connectivity index is 1.90. The number of hydrogen-bond acceptors (Lipinski definition) is 3. The molecule has 1 fully saturated rings. The molecule has 1 aromatic carbocycles. The summed E-state index contributed by atoms with van der Waals surface area (Å²) in [6.45, 7) is 5.48. The summed E-state index contributed by atoms with van der Waals surface area (Å²) in [5, 5.41) is 3.74. The van der Waals surface area contributed by atoms with Crippen molar-refractivity contribution in [1.82, 2.24) is 5.32 Å². The second-order valence-corrected chi connectivity index (χ2v) is 7.37. The van der Waals surface area contributed by atoms with Gasteiger partial charge in [0.15, 0.2) is 0 Å². The Morgan fingerprint density at radius 1 is 1.35 bits per heavy atom. The van der Waals surface area contributed by atoms with Gasteiger partial charge in [-0.15, -0.1) is 0 Å². The van der Waals surface area contributed by atoms with E-state index in [1.807, 2.05) is 0 Å². The Morgan fingerprint density at radius 3 is 2.90 bits per heavy atom. The predicted octanol–water partition coefficient (Wildman–Crippen LogP) is 4.08. The fraction of sp³-hybridized carbons (Fsp3) is 0.647. The van der Waals surface area contributed by atoms with Crippen molar-refractivity contribution in [2.75, 3.05) is 18.1 Å². The van der Waals surface area contributed by atoms with Gasteiger partial charge in [-0.05, 0) is 50.3 Å². The molecule has 2 nitrogen and oxygen atoms in total. The quantitative estimate of drug-likeness (QED) is 0.906. The topological polar surface area (TPSA) is 21.3 Å². The highest BCUT2D eigenvalue weighted by Crippen LogP contribution is 2.45. The summed E-state index contributed by atoms with van der Waals surface area (Å²) in [5.74, 6) is 3.59. The van der Waals surface area contributed by atoms with Crippen LogP contribution in [0.3, 0.4) is 0 Å². The molecule has 3 heteroatoms. The fourth-order valence-corrected chi connectivity index (χ4v) is 4.58. The second kappa shape index (κ2) is 5.98. The molecule has 0 saturated carbocycles. The van der Waals surface area contributed by atoms with Crippen molar-refractivity contribution in [2.24, 2.45) is 0 Å². The average molecular weight is 291 g/mol. The predicted molar refractivity (Wildman–Crippen MR) is 86.7 cm³/mol. The molecule has 2 aliphatic heterocycles. The number of nitrogens with one attached hydrogen (secondary N) is 1. The number of rotatable bonds is 3. The van der Waals surface area contributed by atoms with Crippen LogP contribution < -0.4 is 10.1 Å². The molecule has 0 radical (unpaired) electrons. The standard InChI is InChI=1S/C17H25NOS/c1-3-8-18-15-12-17(6-9-20-10-7-17)19-16-5-4-13(2)11-14(15)16/h4-5,11,15,18H,3,6-10,12H2,1-2H3.